The quantitative estimate of drug-likeness (QED) is 0.580. The highest BCUT2D eigenvalue weighted by Gasteiger charge is 2.24. The standard InChI is InChI=1S/C18H18OS/c1-18(2,3)20(19)17-15-10-6-4-8-13(15)12-14-9-5-7-11-16(14)17/h4-12H,1-3H3/t20-/m0/s1. The highest BCUT2D eigenvalue weighted by molar-refractivity contribution is 7.86. The van der Waals surface area contributed by atoms with E-state index >= 15 is 0 Å². The van der Waals surface area contributed by atoms with Crippen LogP contribution in [0.25, 0.3) is 21.5 Å². The smallest absolute Gasteiger partial charge is 0.0596 e. The predicted molar refractivity (Wildman–Crippen MR) is 87.6 cm³/mol. The normalized spacial score (nSPS) is 13.8. The Kier molecular flexibility index (Phi) is 3.14. The van der Waals surface area contributed by atoms with Crippen molar-refractivity contribution >= 4 is 32.3 Å². The molecule has 102 valence electrons. The molecule has 0 aliphatic carbocycles. The molecule has 0 aromatic heterocycles. The summed E-state index contributed by atoms with van der Waals surface area (Å²) in [5.41, 5.74) is 0. The minimum Gasteiger partial charge on any atom is -0.254 e. The summed E-state index contributed by atoms with van der Waals surface area (Å²) in [6.07, 6.45) is 0. The van der Waals surface area contributed by atoms with Gasteiger partial charge in [-0.3, -0.25) is 4.21 Å². The van der Waals surface area contributed by atoms with Crippen molar-refractivity contribution in [2.45, 2.75) is 30.4 Å². The van der Waals surface area contributed by atoms with Crippen LogP contribution in [0.4, 0.5) is 0 Å². The molecule has 0 fully saturated rings. The van der Waals surface area contributed by atoms with Gasteiger partial charge in [0.1, 0.15) is 0 Å². The third-order valence-corrected chi connectivity index (χ3v) is 5.39. The molecule has 20 heavy (non-hydrogen) atoms. The molecule has 0 aliphatic rings. The maximum absolute atomic E-state index is 13.0. The maximum Gasteiger partial charge on any atom is 0.0596 e. The number of fused-ring (bicyclic) bond motifs is 2. The maximum atomic E-state index is 13.0. The van der Waals surface area contributed by atoms with E-state index in [1.165, 1.54) is 0 Å². The van der Waals surface area contributed by atoms with Crippen molar-refractivity contribution in [1.82, 2.24) is 0 Å². The molecule has 0 aliphatic heterocycles. The second-order valence-corrected chi connectivity index (χ2v) is 8.20. The Morgan fingerprint density at radius 1 is 0.800 bits per heavy atom. The van der Waals surface area contributed by atoms with Crippen molar-refractivity contribution in [3.63, 3.8) is 0 Å². The van der Waals surface area contributed by atoms with Crippen LogP contribution in [-0.4, -0.2) is 8.96 Å². The Labute approximate surface area is 122 Å². The van der Waals surface area contributed by atoms with Crippen LogP contribution in [0.15, 0.2) is 59.5 Å². The monoisotopic (exact) mass is 282 g/mol. The third kappa shape index (κ3) is 2.14. The van der Waals surface area contributed by atoms with E-state index in [0.29, 0.717) is 0 Å². The van der Waals surface area contributed by atoms with Gasteiger partial charge in [-0.05, 0) is 48.4 Å². The van der Waals surface area contributed by atoms with Gasteiger partial charge >= 0.3 is 0 Å². The van der Waals surface area contributed by atoms with E-state index in [1.54, 1.807) is 0 Å². The van der Waals surface area contributed by atoms with Gasteiger partial charge < -0.3 is 0 Å². The van der Waals surface area contributed by atoms with Crippen LogP contribution in [0.3, 0.4) is 0 Å². The Morgan fingerprint density at radius 3 is 1.70 bits per heavy atom. The molecule has 3 aromatic rings. The molecule has 3 rings (SSSR count). The lowest BCUT2D eigenvalue weighted by molar-refractivity contribution is 0.650. The summed E-state index contributed by atoms with van der Waals surface area (Å²) in [4.78, 5) is 0.964. The molecule has 0 radical (unpaired) electrons. The summed E-state index contributed by atoms with van der Waals surface area (Å²) in [5, 5.41) is 4.50. The Hall–Kier alpha value is -1.67. The summed E-state index contributed by atoms with van der Waals surface area (Å²) in [6.45, 7) is 6.08. The first-order valence-corrected chi connectivity index (χ1v) is 7.96. The van der Waals surface area contributed by atoms with Gasteiger partial charge in [0, 0.05) is 4.75 Å². The van der Waals surface area contributed by atoms with Crippen LogP contribution >= 0.6 is 0 Å². The molecule has 0 saturated heterocycles. The highest BCUT2D eigenvalue weighted by atomic mass is 32.2. The van der Waals surface area contributed by atoms with Crippen LogP contribution in [0, 0.1) is 0 Å². The highest BCUT2D eigenvalue weighted by Crippen LogP contribution is 2.34. The van der Waals surface area contributed by atoms with Crippen LogP contribution in [0.2, 0.25) is 0 Å². The van der Waals surface area contributed by atoms with Gasteiger partial charge in [-0.2, -0.15) is 0 Å². The summed E-state index contributed by atoms with van der Waals surface area (Å²) >= 11 is 0. The minimum atomic E-state index is -1.05. The van der Waals surface area contributed by atoms with Crippen LogP contribution in [-0.2, 0) is 10.8 Å². The second-order valence-electron chi connectivity index (χ2n) is 6.03. The van der Waals surface area contributed by atoms with Crippen molar-refractivity contribution in [2.75, 3.05) is 0 Å². The van der Waals surface area contributed by atoms with Crippen molar-refractivity contribution < 1.29 is 4.21 Å². The molecule has 0 heterocycles. The van der Waals surface area contributed by atoms with Crippen molar-refractivity contribution in [2.24, 2.45) is 0 Å². The summed E-state index contributed by atoms with van der Waals surface area (Å²) in [6, 6.07) is 18.6. The third-order valence-electron chi connectivity index (χ3n) is 3.46. The van der Waals surface area contributed by atoms with E-state index in [-0.39, 0.29) is 4.75 Å². The van der Waals surface area contributed by atoms with Gasteiger partial charge in [0.15, 0.2) is 0 Å². The Balaban J connectivity index is 2.49. The van der Waals surface area contributed by atoms with Gasteiger partial charge in [-0.1, -0.05) is 48.5 Å². The lowest BCUT2D eigenvalue weighted by Crippen LogP contribution is -2.22. The predicted octanol–water partition coefficient (Wildman–Crippen LogP) is 4.90. The number of benzene rings is 3. The van der Waals surface area contributed by atoms with Gasteiger partial charge in [0.2, 0.25) is 0 Å². The molecule has 0 unspecified atom stereocenters. The number of hydrogen-bond acceptors (Lipinski definition) is 1. The first-order chi connectivity index (χ1) is 9.48. The largest absolute Gasteiger partial charge is 0.254 e. The molecule has 0 N–H and O–H groups in total. The SMILES string of the molecule is CC(C)(C)[S@@](=O)c1c2ccccc2cc2ccccc12. The number of rotatable bonds is 1. The molecule has 0 spiro atoms. The Morgan fingerprint density at radius 2 is 1.25 bits per heavy atom. The van der Waals surface area contributed by atoms with Gasteiger partial charge in [-0.15, -0.1) is 0 Å². The van der Waals surface area contributed by atoms with Gasteiger partial charge in [-0.25, -0.2) is 0 Å². The summed E-state index contributed by atoms with van der Waals surface area (Å²) in [5.74, 6) is 0. The lowest BCUT2D eigenvalue weighted by atomic mass is 10.0. The molecule has 0 bridgehead atoms. The average Bonchev–Trinajstić information content (AvgIpc) is 2.43. The zero-order valence-corrected chi connectivity index (χ0v) is 12.8. The molecular weight excluding hydrogens is 264 g/mol. The van der Waals surface area contributed by atoms with E-state index in [2.05, 4.69) is 30.3 Å². The first kappa shape index (κ1) is 13.3. The number of hydrogen-bond donors (Lipinski definition) is 0. The fourth-order valence-corrected chi connectivity index (χ4v) is 3.86. The van der Waals surface area contributed by atoms with Crippen LogP contribution in [0.1, 0.15) is 20.8 Å². The van der Waals surface area contributed by atoms with Crippen molar-refractivity contribution in [3.05, 3.63) is 54.6 Å². The fourth-order valence-electron chi connectivity index (χ4n) is 2.48. The van der Waals surface area contributed by atoms with E-state index in [9.17, 15) is 4.21 Å². The lowest BCUT2D eigenvalue weighted by Gasteiger charge is -2.21. The molecule has 1 nitrogen and oxygen atoms in total. The molecular formula is C18H18OS. The van der Waals surface area contributed by atoms with Crippen molar-refractivity contribution in [1.29, 1.82) is 0 Å². The molecule has 0 saturated carbocycles. The summed E-state index contributed by atoms with van der Waals surface area (Å²) in [7, 11) is -1.05. The van der Waals surface area contributed by atoms with Gasteiger partial charge in [0.25, 0.3) is 0 Å². The van der Waals surface area contributed by atoms with Crippen LogP contribution in [0.5, 0.6) is 0 Å². The Bertz CT molecular complexity index is 758. The van der Waals surface area contributed by atoms with E-state index in [1.807, 2.05) is 45.0 Å². The average molecular weight is 282 g/mol. The molecule has 3 aromatic carbocycles. The van der Waals surface area contributed by atoms with Gasteiger partial charge in [0.05, 0.1) is 15.7 Å². The first-order valence-electron chi connectivity index (χ1n) is 6.81. The zero-order chi connectivity index (χ0) is 14.3. The summed E-state index contributed by atoms with van der Waals surface area (Å²) < 4.78 is 12.7. The van der Waals surface area contributed by atoms with Crippen molar-refractivity contribution in [3.8, 4) is 0 Å². The topological polar surface area (TPSA) is 17.1 Å². The molecule has 0 amide bonds. The van der Waals surface area contributed by atoms with Crippen LogP contribution < -0.4 is 0 Å². The molecule has 2 heteroatoms. The van der Waals surface area contributed by atoms with E-state index < -0.39 is 10.8 Å². The minimum absolute atomic E-state index is 0.271. The van der Waals surface area contributed by atoms with E-state index in [4.69, 9.17) is 0 Å². The second kappa shape index (κ2) is 4.71. The van der Waals surface area contributed by atoms with E-state index in [0.717, 1.165) is 26.4 Å². The fraction of sp³-hybridized carbons (Fsp3) is 0.222. The molecule has 1 atom stereocenters. The zero-order valence-electron chi connectivity index (χ0n) is 12.0.